The molecule has 1 aliphatic rings. The van der Waals surface area contributed by atoms with E-state index in [1.807, 2.05) is 18.4 Å². The minimum absolute atomic E-state index is 0.515. The van der Waals surface area contributed by atoms with Crippen LogP contribution in [0, 0.1) is 5.92 Å². The molecule has 0 radical (unpaired) electrons. The van der Waals surface area contributed by atoms with Gasteiger partial charge < -0.3 is 10.6 Å². The first-order valence-corrected chi connectivity index (χ1v) is 10.2. The highest BCUT2D eigenvalue weighted by Gasteiger charge is 2.31. The summed E-state index contributed by atoms with van der Waals surface area (Å²) in [6.07, 6.45) is 2.54. The van der Waals surface area contributed by atoms with Crippen LogP contribution in [0.4, 0.5) is 0 Å². The number of aliphatic imine (C=N–C) groups is 1. The van der Waals surface area contributed by atoms with Gasteiger partial charge in [0.25, 0.3) is 0 Å². The Balaban J connectivity index is 1.56. The van der Waals surface area contributed by atoms with Crippen molar-refractivity contribution in [1.82, 2.24) is 15.5 Å². The van der Waals surface area contributed by atoms with Crippen LogP contribution in [0.3, 0.4) is 0 Å². The van der Waals surface area contributed by atoms with Crippen LogP contribution in [0.15, 0.2) is 40.0 Å². The first-order chi connectivity index (χ1) is 11.8. The third-order valence-electron chi connectivity index (χ3n) is 4.61. The second-order valence-corrected chi connectivity index (χ2v) is 8.24. The van der Waals surface area contributed by atoms with Gasteiger partial charge in [-0.05, 0) is 55.2 Å². The predicted molar refractivity (Wildman–Crippen MR) is 105 cm³/mol. The molecule has 2 N–H and O–H groups in total. The lowest BCUT2D eigenvalue weighted by Crippen LogP contribution is -2.44. The van der Waals surface area contributed by atoms with Crippen molar-refractivity contribution in [3.8, 4) is 0 Å². The molecule has 0 aliphatic carbocycles. The molecule has 6 heteroatoms. The molecule has 1 fully saturated rings. The van der Waals surface area contributed by atoms with E-state index in [9.17, 15) is 0 Å². The van der Waals surface area contributed by atoms with Crippen LogP contribution in [0.1, 0.15) is 28.6 Å². The standard InChI is InChI=1S/C18H26N4S2/c1-19-18(21-13-15-7-4-10-23-15)20-12-14-6-3-9-22(2)17(14)16-8-5-11-24-16/h4-5,7-8,10-11,14,17H,3,6,9,12-13H2,1-2H3,(H2,19,20,21). The first-order valence-electron chi connectivity index (χ1n) is 8.48. The maximum atomic E-state index is 4.37. The van der Waals surface area contributed by atoms with Crippen LogP contribution in [0.25, 0.3) is 0 Å². The van der Waals surface area contributed by atoms with E-state index in [4.69, 9.17) is 0 Å². The first kappa shape index (κ1) is 17.5. The van der Waals surface area contributed by atoms with Gasteiger partial charge in [-0.15, -0.1) is 22.7 Å². The molecule has 0 bridgehead atoms. The van der Waals surface area contributed by atoms with Gasteiger partial charge in [0.1, 0.15) is 0 Å². The minimum atomic E-state index is 0.515. The summed E-state index contributed by atoms with van der Waals surface area (Å²) >= 11 is 3.64. The zero-order valence-electron chi connectivity index (χ0n) is 14.4. The van der Waals surface area contributed by atoms with Crippen LogP contribution < -0.4 is 10.6 Å². The number of hydrogen-bond acceptors (Lipinski definition) is 4. The topological polar surface area (TPSA) is 39.7 Å². The van der Waals surface area contributed by atoms with E-state index in [1.165, 1.54) is 29.1 Å². The summed E-state index contributed by atoms with van der Waals surface area (Å²) < 4.78 is 0. The number of piperidine rings is 1. The highest BCUT2D eigenvalue weighted by molar-refractivity contribution is 7.10. The summed E-state index contributed by atoms with van der Waals surface area (Å²) in [6.45, 7) is 2.97. The van der Waals surface area contributed by atoms with Crippen LogP contribution in [-0.2, 0) is 6.54 Å². The van der Waals surface area contributed by atoms with Gasteiger partial charge in [-0.3, -0.25) is 9.89 Å². The van der Waals surface area contributed by atoms with Gasteiger partial charge in [0, 0.05) is 29.4 Å². The van der Waals surface area contributed by atoms with Crippen LogP contribution >= 0.6 is 22.7 Å². The third-order valence-corrected chi connectivity index (χ3v) is 6.43. The van der Waals surface area contributed by atoms with E-state index >= 15 is 0 Å². The third kappa shape index (κ3) is 4.37. The van der Waals surface area contributed by atoms with Crippen molar-refractivity contribution < 1.29 is 0 Å². The zero-order chi connectivity index (χ0) is 16.8. The number of nitrogens with zero attached hydrogens (tertiary/aromatic N) is 2. The van der Waals surface area contributed by atoms with Gasteiger partial charge >= 0.3 is 0 Å². The quantitative estimate of drug-likeness (QED) is 0.631. The molecule has 3 rings (SSSR count). The second-order valence-electron chi connectivity index (χ2n) is 6.23. The summed E-state index contributed by atoms with van der Waals surface area (Å²) in [5.74, 6) is 1.50. The van der Waals surface area contributed by atoms with Crippen molar-refractivity contribution in [2.45, 2.75) is 25.4 Å². The molecule has 0 amide bonds. The van der Waals surface area contributed by atoms with Crippen molar-refractivity contribution in [2.24, 2.45) is 10.9 Å². The van der Waals surface area contributed by atoms with Crippen molar-refractivity contribution in [3.63, 3.8) is 0 Å². The van der Waals surface area contributed by atoms with E-state index in [2.05, 4.69) is 62.6 Å². The molecule has 2 atom stereocenters. The molecular weight excluding hydrogens is 336 g/mol. The Morgan fingerprint density at radius 1 is 1.25 bits per heavy atom. The molecule has 0 spiro atoms. The number of nitrogens with one attached hydrogen (secondary N) is 2. The lowest BCUT2D eigenvalue weighted by molar-refractivity contribution is 0.125. The molecule has 3 heterocycles. The van der Waals surface area contributed by atoms with Crippen LogP contribution in [-0.4, -0.2) is 38.0 Å². The fourth-order valence-corrected chi connectivity index (χ4v) is 5.04. The van der Waals surface area contributed by atoms with E-state index < -0.39 is 0 Å². The molecule has 2 aromatic heterocycles. The van der Waals surface area contributed by atoms with Crippen molar-refractivity contribution in [1.29, 1.82) is 0 Å². The van der Waals surface area contributed by atoms with E-state index in [-0.39, 0.29) is 0 Å². The van der Waals surface area contributed by atoms with Crippen LogP contribution in [0.5, 0.6) is 0 Å². The van der Waals surface area contributed by atoms with Gasteiger partial charge in [-0.25, -0.2) is 0 Å². The second kappa shape index (κ2) is 8.65. The number of rotatable bonds is 5. The van der Waals surface area contributed by atoms with Crippen LogP contribution in [0.2, 0.25) is 0 Å². The molecule has 2 unspecified atom stereocenters. The van der Waals surface area contributed by atoms with Gasteiger partial charge in [-0.2, -0.15) is 0 Å². The Morgan fingerprint density at radius 2 is 2.08 bits per heavy atom. The molecule has 4 nitrogen and oxygen atoms in total. The lowest BCUT2D eigenvalue weighted by Gasteiger charge is -2.39. The molecular formula is C18H26N4S2. The Bertz CT molecular complexity index is 622. The average molecular weight is 363 g/mol. The van der Waals surface area contributed by atoms with E-state index in [0.717, 1.165) is 19.0 Å². The van der Waals surface area contributed by atoms with Gasteiger partial charge in [0.2, 0.25) is 0 Å². The predicted octanol–water partition coefficient (Wildman–Crippen LogP) is 3.56. The summed E-state index contributed by atoms with van der Waals surface area (Å²) in [5.41, 5.74) is 0. The molecule has 1 saturated heterocycles. The Kier molecular flexibility index (Phi) is 6.29. The lowest BCUT2D eigenvalue weighted by atomic mass is 9.88. The average Bonchev–Trinajstić information content (AvgIpc) is 3.29. The fraction of sp³-hybridized carbons (Fsp3) is 0.500. The Labute approximate surface area is 152 Å². The summed E-state index contributed by atoms with van der Waals surface area (Å²) in [4.78, 5) is 9.67. The Hall–Kier alpha value is -1.37. The summed E-state index contributed by atoms with van der Waals surface area (Å²) in [7, 11) is 4.09. The molecule has 1 aliphatic heterocycles. The molecule has 0 aromatic carbocycles. The smallest absolute Gasteiger partial charge is 0.191 e. The maximum Gasteiger partial charge on any atom is 0.191 e. The van der Waals surface area contributed by atoms with Gasteiger partial charge in [0.05, 0.1) is 6.54 Å². The SMILES string of the molecule is CN=C(NCc1cccs1)NCC1CCCN(C)C1c1cccs1. The van der Waals surface area contributed by atoms with Gasteiger partial charge in [-0.1, -0.05) is 12.1 Å². The van der Waals surface area contributed by atoms with E-state index in [0.29, 0.717) is 12.0 Å². The van der Waals surface area contributed by atoms with E-state index in [1.54, 1.807) is 11.3 Å². The number of guanidine groups is 1. The molecule has 24 heavy (non-hydrogen) atoms. The molecule has 130 valence electrons. The van der Waals surface area contributed by atoms with Gasteiger partial charge in [0.15, 0.2) is 5.96 Å². The minimum Gasteiger partial charge on any atom is -0.356 e. The molecule has 0 saturated carbocycles. The largest absolute Gasteiger partial charge is 0.356 e. The highest BCUT2D eigenvalue weighted by Crippen LogP contribution is 2.36. The normalized spacial score (nSPS) is 22.5. The summed E-state index contributed by atoms with van der Waals surface area (Å²) in [6, 6.07) is 9.18. The summed E-state index contributed by atoms with van der Waals surface area (Å²) in [5, 5.41) is 11.2. The molecule has 2 aromatic rings. The Morgan fingerprint density at radius 3 is 2.79 bits per heavy atom. The van der Waals surface area contributed by atoms with Crippen molar-refractivity contribution in [3.05, 3.63) is 44.8 Å². The highest BCUT2D eigenvalue weighted by atomic mass is 32.1. The number of hydrogen-bond donors (Lipinski definition) is 2. The fourth-order valence-electron chi connectivity index (χ4n) is 3.41. The number of likely N-dealkylation sites (tertiary alicyclic amines) is 1. The van der Waals surface area contributed by atoms with Crippen molar-refractivity contribution >= 4 is 28.6 Å². The van der Waals surface area contributed by atoms with Crippen molar-refractivity contribution in [2.75, 3.05) is 27.2 Å². The zero-order valence-corrected chi connectivity index (χ0v) is 16.0. The maximum absolute atomic E-state index is 4.37. The number of thiophene rings is 2. The monoisotopic (exact) mass is 362 g/mol.